The number of para-hydroxylation sites is 1. The number of rotatable bonds is 6. The summed E-state index contributed by atoms with van der Waals surface area (Å²) in [5.74, 6) is 0. The second-order valence-electron chi connectivity index (χ2n) is 5.29. The van der Waals surface area contributed by atoms with Crippen LogP contribution in [0.5, 0.6) is 0 Å². The summed E-state index contributed by atoms with van der Waals surface area (Å²) in [6, 6.07) is 8.51. The maximum atomic E-state index is 5.69. The van der Waals surface area contributed by atoms with Crippen molar-refractivity contribution in [3.63, 3.8) is 0 Å². The largest absolute Gasteiger partial charge is 0.383 e. The van der Waals surface area contributed by atoms with Crippen LogP contribution in [0, 0.1) is 0 Å². The van der Waals surface area contributed by atoms with E-state index >= 15 is 0 Å². The van der Waals surface area contributed by atoms with Crippen LogP contribution >= 0.6 is 0 Å². The number of hydrogen-bond acceptors (Lipinski definition) is 2. The molecule has 17 heavy (non-hydrogen) atoms. The monoisotopic (exact) mass is 235 g/mol. The zero-order chi connectivity index (χ0) is 12.7. The molecule has 96 valence electrons. The van der Waals surface area contributed by atoms with Gasteiger partial charge >= 0.3 is 0 Å². The molecule has 1 N–H and O–H groups in total. The standard InChI is InChI=1S/C15H25NO/c1-5-8-13-9-6-7-10-14(13)16-11-12-17-15(2,3)4/h6-7,9-10,16H,5,8,11-12H2,1-4H3. The van der Waals surface area contributed by atoms with Gasteiger partial charge in [-0.2, -0.15) is 0 Å². The van der Waals surface area contributed by atoms with E-state index in [1.54, 1.807) is 0 Å². The first-order valence-corrected chi connectivity index (χ1v) is 6.48. The number of ether oxygens (including phenoxy) is 1. The first-order valence-electron chi connectivity index (χ1n) is 6.48. The van der Waals surface area contributed by atoms with Gasteiger partial charge in [-0.05, 0) is 38.8 Å². The Hall–Kier alpha value is -1.02. The summed E-state index contributed by atoms with van der Waals surface area (Å²) in [6.07, 6.45) is 2.31. The molecule has 1 aromatic rings. The minimum Gasteiger partial charge on any atom is -0.383 e. The second kappa shape index (κ2) is 6.65. The lowest BCUT2D eigenvalue weighted by Gasteiger charge is -2.20. The van der Waals surface area contributed by atoms with Crippen LogP contribution in [0.4, 0.5) is 5.69 Å². The van der Waals surface area contributed by atoms with E-state index in [2.05, 4.69) is 57.3 Å². The summed E-state index contributed by atoms with van der Waals surface area (Å²) in [4.78, 5) is 0. The third-order valence-corrected chi connectivity index (χ3v) is 2.49. The normalized spacial score (nSPS) is 11.5. The van der Waals surface area contributed by atoms with Crippen LogP contribution < -0.4 is 5.32 Å². The number of benzene rings is 1. The highest BCUT2D eigenvalue weighted by Crippen LogP contribution is 2.16. The van der Waals surface area contributed by atoms with E-state index in [-0.39, 0.29) is 5.60 Å². The van der Waals surface area contributed by atoms with Crippen LogP contribution in [0.25, 0.3) is 0 Å². The lowest BCUT2D eigenvalue weighted by molar-refractivity contribution is 0.00333. The van der Waals surface area contributed by atoms with E-state index in [1.165, 1.54) is 17.7 Å². The minimum atomic E-state index is -0.0510. The van der Waals surface area contributed by atoms with Crippen LogP contribution in [0.15, 0.2) is 24.3 Å². The Kier molecular flexibility index (Phi) is 5.49. The van der Waals surface area contributed by atoms with Crippen molar-refractivity contribution in [3.05, 3.63) is 29.8 Å². The SMILES string of the molecule is CCCc1ccccc1NCCOC(C)(C)C. The van der Waals surface area contributed by atoms with Crippen molar-refractivity contribution in [2.24, 2.45) is 0 Å². The molecule has 0 aliphatic rings. The fraction of sp³-hybridized carbons (Fsp3) is 0.600. The third kappa shape index (κ3) is 5.73. The molecule has 0 aliphatic carbocycles. The van der Waals surface area contributed by atoms with Gasteiger partial charge in [0.2, 0.25) is 0 Å². The average Bonchev–Trinajstić information content (AvgIpc) is 2.25. The van der Waals surface area contributed by atoms with Crippen molar-refractivity contribution in [2.75, 3.05) is 18.5 Å². The van der Waals surface area contributed by atoms with Gasteiger partial charge in [-0.1, -0.05) is 31.5 Å². The predicted octanol–water partition coefficient (Wildman–Crippen LogP) is 3.87. The van der Waals surface area contributed by atoms with Gasteiger partial charge in [-0.25, -0.2) is 0 Å². The number of hydrogen-bond donors (Lipinski definition) is 1. The van der Waals surface area contributed by atoms with E-state index in [4.69, 9.17) is 4.74 Å². The Morgan fingerprint density at radius 2 is 1.88 bits per heavy atom. The van der Waals surface area contributed by atoms with Crippen molar-refractivity contribution >= 4 is 5.69 Å². The maximum Gasteiger partial charge on any atom is 0.0646 e. The molecule has 2 heteroatoms. The van der Waals surface area contributed by atoms with Gasteiger partial charge in [0.1, 0.15) is 0 Å². The van der Waals surface area contributed by atoms with E-state index in [0.29, 0.717) is 0 Å². The lowest BCUT2D eigenvalue weighted by atomic mass is 10.1. The molecule has 0 amide bonds. The van der Waals surface area contributed by atoms with Gasteiger partial charge in [0.05, 0.1) is 12.2 Å². The first kappa shape index (κ1) is 14.0. The predicted molar refractivity (Wildman–Crippen MR) is 74.6 cm³/mol. The minimum absolute atomic E-state index is 0.0510. The smallest absolute Gasteiger partial charge is 0.0646 e. The highest BCUT2D eigenvalue weighted by Gasteiger charge is 2.09. The van der Waals surface area contributed by atoms with E-state index in [1.807, 2.05) is 0 Å². The molecule has 0 bridgehead atoms. The van der Waals surface area contributed by atoms with Crippen LogP contribution in [0.3, 0.4) is 0 Å². The Labute approximate surface area is 105 Å². The Bertz CT molecular complexity index is 328. The molecular formula is C15H25NO. The first-order chi connectivity index (χ1) is 8.03. The summed E-state index contributed by atoms with van der Waals surface area (Å²) in [7, 11) is 0. The van der Waals surface area contributed by atoms with Gasteiger partial charge in [0, 0.05) is 12.2 Å². The van der Waals surface area contributed by atoms with Gasteiger partial charge in [-0.15, -0.1) is 0 Å². The fourth-order valence-corrected chi connectivity index (χ4v) is 1.72. The molecule has 2 nitrogen and oxygen atoms in total. The molecule has 1 rings (SSSR count). The van der Waals surface area contributed by atoms with Crippen molar-refractivity contribution in [1.29, 1.82) is 0 Å². The van der Waals surface area contributed by atoms with E-state index in [9.17, 15) is 0 Å². The van der Waals surface area contributed by atoms with E-state index in [0.717, 1.165) is 19.6 Å². The molecule has 0 heterocycles. The highest BCUT2D eigenvalue weighted by atomic mass is 16.5. The Morgan fingerprint density at radius 3 is 2.53 bits per heavy atom. The molecule has 0 radical (unpaired) electrons. The zero-order valence-electron chi connectivity index (χ0n) is 11.5. The van der Waals surface area contributed by atoms with Crippen molar-refractivity contribution in [3.8, 4) is 0 Å². The second-order valence-corrected chi connectivity index (χ2v) is 5.29. The summed E-state index contributed by atoms with van der Waals surface area (Å²) in [5, 5.41) is 3.45. The summed E-state index contributed by atoms with van der Waals surface area (Å²) >= 11 is 0. The molecule has 0 unspecified atom stereocenters. The summed E-state index contributed by atoms with van der Waals surface area (Å²) < 4.78 is 5.69. The molecule has 0 saturated carbocycles. The van der Waals surface area contributed by atoms with Gasteiger partial charge < -0.3 is 10.1 Å². The van der Waals surface area contributed by atoms with Crippen LogP contribution in [-0.4, -0.2) is 18.8 Å². The zero-order valence-corrected chi connectivity index (χ0v) is 11.5. The van der Waals surface area contributed by atoms with Gasteiger partial charge in [0.15, 0.2) is 0 Å². The number of nitrogens with one attached hydrogen (secondary N) is 1. The maximum absolute atomic E-state index is 5.69. The van der Waals surface area contributed by atoms with Crippen molar-refractivity contribution < 1.29 is 4.74 Å². The topological polar surface area (TPSA) is 21.3 Å². The average molecular weight is 235 g/mol. The van der Waals surface area contributed by atoms with Crippen LogP contribution in [-0.2, 0) is 11.2 Å². The van der Waals surface area contributed by atoms with Crippen LogP contribution in [0.1, 0.15) is 39.7 Å². The molecule has 0 aliphatic heterocycles. The Morgan fingerprint density at radius 1 is 1.18 bits per heavy atom. The molecule has 1 aromatic carbocycles. The summed E-state index contributed by atoms with van der Waals surface area (Å²) in [6.45, 7) is 10.1. The number of anilines is 1. The molecular weight excluding hydrogens is 210 g/mol. The Balaban J connectivity index is 2.41. The highest BCUT2D eigenvalue weighted by molar-refractivity contribution is 5.51. The van der Waals surface area contributed by atoms with Gasteiger partial charge in [0.25, 0.3) is 0 Å². The molecule has 0 spiro atoms. The third-order valence-electron chi connectivity index (χ3n) is 2.49. The molecule has 0 fully saturated rings. The molecule has 0 aromatic heterocycles. The quantitative estimate of drug-likeness (QED) is 0.756. The van der Waals surface area contributed by atoms with Crippen molar-refractivity contribution in [2.45, 2.75) is 46.1 Å². The molecule has 0 atom stereocenters. The summed E-state index contributed by atoms with van der Waals surface area (Å²) in [5.41, 5.74) is 2.59. The van der Waals surface area contributed by atoms with Crippen molar-refractivity contribution in [1.82, 2.24) is 0 Å². The lowest BCUT2D eigenvalue weighted by Crippen LogP contribution is -2.23. The molecule has 0 saturated heterocycles. The number of aryl methyl sites for hydroxylation is 1. The van der Waals surface area contributed by atoms with Gasteiger partial charge in [-0.3, -0.25) is 0 Å². The fourth-order valence-electron chi connectivity index (χ4n) is 1.72. The van der Waals surface area contributed by atoms with E-state index < -0.39 is 0 Å². The van der Waals surface area contributed by atoms with Crippen LogP contribution in [0.2, 0.25) is 0 Å².